The Balaban J connectivity index is 1.79. The zero-order valence-electron chi connectivity index (χ0n) is 16.0. The minimum absolute atomic E-state index is 0.0785. The van der Waals surface area contributed by atoms with E-state index in [4.69, 9.17) is 23.2 Å². The molecule has 0 aliphatic rings. The maximum absolute atomic E-state index is 13.1. The summed E-state index contributed by atoms with van der Waals surface area (Å²) in [6.07, 6.45) is -4.54. The van der Waals surface area contributed by atoms with E-state index in [0.29, 0.717) is 16.4 Å². The van der Waals surface area contributed by atoms with Gasteiger partial charge in [0, 0.05) is 29.6 Å². The topological polar surface area (TPSA) is 68.9 Å². The second-order valence-electron chi connectivity index (χ2n) is 6.54. The minimum Gasteiger partial charge on any atom is -0.350 e. The van der Waals surface area contributed by atoms with Gasteiger partial charge in [-0.3, -0.25) is 9.36 Å². The minimum atomic E-state index is -4.54. The maximum atomic E-state index is 13.1. The first kappa shape index (κ1) is 22.9. The van der Waals surface area contributed by atoms with Crippen molar-refractivity contribution < 1.29 is 18.0 Å². The summed E-state index contributed by atoms with van der Waals surface area (Å²) in [6, 6.07) is 11.6. The summed E-state index contributed by atoms with van der Waals surface area (Å²) in [5.41, 5.74) is -0.865. The number of nitrogens with zero attached hydrogens (tertiary/aromatic N) is 3. The zero-order valence-corrected chi connectivity index (χ0v) is 17.5. The van der Waals surface area contributed by atoms with Crippen molar-refractivity contribution in [3.63, 3.8) is 0 Å². The number of benzene rings is 2. The van der Waals surface area contributed by atoms with Crippen molar-refractivity contribution in [1.82, 2.24) is 19.7 Å². The molecular formula is C20H17Cl2F3N4O2. The van der Waals surface area contributed by atoms with Gasteiger partial charge in [-0.2, -0.15) is 13.2 Å². The lowest BCUT2D eigenvalue weighted by molar-refractivity contribution is -0.138. The predicted molar refractivity (Wildman–Crippen MR) is 111 cm³/mol. The molecule has 164 valence electrons. The lowest BCUT2D eigenvalue weighted by Crippen LogP contribution is -2.34. The van der Waals surface area contributed by atoms with Gasteiger partial charge >= 0.3 is 11.9 Å². The van der Waals surface area contributed by atoms with Gasteiger partial charge in [0.25, 0.3) is 0 Å². The first-order valence-corrected chi connectivity index (χ1v) is 10.0. The molecule has 1 aromatic heterocycles. The van der Waals surface area contributed by atoms with Crippen LogP contribution in [0.2, 0.25) is 5.02 Å². The van der Waals surface area contributed by atoms with Gasteiger partial charge < -0.3 is 5.32 Å². The van der Waals surface area contributed by atoms with Crippen molar-refractivity contribution in [2.24, 2.45) is 0 Å². The molecule has 0 unspecified atom stereocenters. The monoisotopic (exact) mass is 472 g/mol. The van der Waals surface area contributed by atoms with Gasteiger partial charge in [0.05, 0.1) is 5.56 Å². The van der Waals surface area contributed by atoms with Crippen LogP contribution in [-0.2, 0) is 30.6 Å². The molecule has 2 aromatic carbocycles. The van der Waals surface area contributed by atoms with E-state index >= 15 is 0 Å². The number of carbonyl (C=O) groups excluding carboxylic acids is 1. The third-order valence-electron chi connectivity index (χ3n) is 4.43. The first-order chi connectivity index (χ1) is 14.7. The highest BCUT2D eigenvalue weighted by molar-refractivity contribution is 6.30. The molecule has 0 bridgehead atoms. The summed E-state index contributed by atoms with van der Waals surface area (Å²) in [4.78, 5) is 25.0. The number of aromatic nitrogens is 3. The van der Waals surface area contributed by atoms with Crippen molar-refractivity contribution in [3.05, 3.63) is 75.2 Å². The average molecular weight is 473 g/mol. The lowest BCUT2D eigenvalue weighted by atomic mass is 10.1. The number of halogens is 5. The molecule has 0 aliphatic heterocycles. The van der Waals surface area contributed by atoms with E-state index in [1.807, 2.05) is 0 Å². The Bertz CT molecular complexity index is 1120. The Kier molecular flexibility index (Phi) is 7.07. The Hall–Kier alpha value is -2.78. The van der Waals surface area contributed by atoms with Crippen LogP contribution in [0.3, 0.4) is 0 Å². The summed E-state index contributed by atoms with van der Waals surface area (Å²) >= 11 is 11.7. The van der Waals surface area contributed by atoms with E-state index in [1.54, 1.807) is 24.3 Å². The molecule has 6 nitrogen and oxygen atoms in total. The third kappa shape index (κ3) is 5.48. The molecule has 0 atom stereocenters. The quantitative estimate of drug-likeness (QED) is 0.529. The number of rotatable bonds is 7. The predicted octanol–water partition coefficient (Wildman–Crippen LogP) is 3.94. The Morgan fingerprint density at radius 3 is 2.42 bits per heavy atom. The third-order valence-corrected chi connectivity index (χ3v) is 4.85. The number of alkyl halides is 4. The van der Waals surface area contributed by atoms with E-state index in [0.717, 1.165) is 10.7 Å². The van der Waals surface area contributed by atoms with Crippen LogP contribution < -0.4 is 11.0 Å². The van der Waals surface area contributed by atoms with Crippen LogP contribution in [0.25, 0.3) is 11.4 Å². The van der Waals surface area contributed by atoms with Crippen molar-refractivity contribution in [1.29, 1.82) is 0 Å². The largest absolute Gasteiger partial charge is 0.416 e. The normalized spacial score (nSPS) is 11.5. The van der Waals surface area contributed by atoms with Crippen LogP contribution in [-0.4, -0.2) is 26.1 Å². The average Bonchev–Trinajstić information content (AvgIpc) is 3.02. The molecule has 0 fully saturated rings. The summed E-state index contributed by atoms with van der Waals surface area (Å²) < 4.78 is 41.5. The summed E-state index contributed by atoms with van der Waals surface area (Å²) in [7, 11) is 0. The number of carbonyl (C=O) groups is 1. The van der Waals surface area contributed by atoms with E-state index < -0.39 is 29.9 Å². The highest BCUT2D eigenvalue weighted by Crippen LogP contribution is 2.31. The molecule has 1 N–H and O–H groups in total. The van der Waals surface area contributed by atoms with Crippen LogP contribution in [0, 0.1) is 0 Å². The van der Waals surface area contributed by atoms with Crippen molar-refractivity contribution >= 4 is 29.1 Å². The van der Waals surface area contributed by atoms with Gasteiger partial charge in [-0.05, 0) is 35.9 Å². The molecule has 0 saturated carbocycles. The summed E-state index contributed by atoms with van der Waals surface area (Å²) in [6.45, 7) is -0.627. The van der Waals surface area contributed by atoms with Crippen LogP contribution in [0.4, 0.5) is 13.2 Å². The van der Waals surface area contributed by atoms with Crippen LogP contribution >= 0.6 is 23.2 Å². The molecule has 0 saturated heterocycles. The van der Waals surface area contributed by atoms with Crippen molar-refractivity contribution in [2.75, 3.05) is 5.88 Å². The van der Waals surface area contributed by atoms with Crippen molar-refractivity contribution in [2.45, 2.75) is 25.8 Å². The molecule has 11 heteroatoms. The van der Waals surface area contributed by atoms with Crippen LogP contribution in [0.5, 0.6) is 0 Å². The van der Waals surface area contributed by atoms with E-state index in [1.165, 1.54) is 22.8 Å². The zero-order chi connectivity index (χ0) is 22.6. The molecule has 0 aliphatic carbocycles. The lowest BCUT2D eigenvalue weighted by Gasteiger charge is -2.13. The molecule has 3 rings (SSSR count). The highest BCUT2D eigenvalue weighted by Gasteiger charge is 2.32. The van der Waals surface area contributed by atoms with Gasteiger partial charge in [-0.15, -0.1) is 16.7 Å². The molecule has 31 heavy (non-hydrogen) atoms. The highest BCUT2D eigenvalue weighted by atomic mass is 35.5. The van der Waals surface area contributed by atoms with Gasteiger partial charge in [0.2, 0.25) is 5.91 Å². The van der Waals surface area contributed by atoms with E-state index in [9.17, 15) is 22.8 Å². The number of amides is 1. The standard InChI is InChI=1S/C20H17Cl2F3N4O2/c21-9-10-28-18(13-5-7-15(22)8-6-13)27-29(19(28)31)12-17(30)26-11-14-3-1-2-4-16(14)20(23,24)25/h1-8H,9-12H2,(H,26,30). The Morgan fingerprint density at radius 2 is 1.77 bits per heavy atom. The van der Waals surface area contributed by atoms with Gasteiger partial charge in [-0.1, -0.05) is 29.8 Å². The summed E-state index contributed by atoms with van der Waals surface area (Å²) in [5.74, 6) is -0.207. The SMILES string of the molecule is O=C(Cn1nc(-c2ccc(Cl)cc2)n(CCCl)c1=O)NCc1ccccc1C(F)(F)F. The molecule has 1 heterocycles. The number of hydrogen-bond acceptors (Lipinski definition) is 3. The van der Waals surface area contributed by atoms with E-state index in [-0.39, 0.29) is 24.5 Å². The van der Waals surface area contributed by atoms with Gasteiger partial charge in [-0.25, -0.2) is 9.48 Å². The van der Waals surface area contributed by atoms with Crippen LogP contribution in [0.15, 0.2) is 53.3 Å². The Labute approximate surface area is 185 Å². The fourth-order valence-corrected chi connectivity index (χ4v) is 3.27. The summed E-state index contributed by atoms with van der Waals surface area (Å²) in [5, 5.41) is 7.12. The molecule has 0 radical (unpaired) electrons. The second kappa shape index (κ2) is 9.57. The molecule has 1 amide bonds. The molecule has 3 aromatic rings. The van der Waals surface area contributed by atoms with Crippen molar-refractivity contribution in [3.8, 4) is 11.4 Å². The number of hydrogen-bond donors (Lipinski definition) is 1. The van der Waals surface area contributed by atoms with Gasteiger partial charge in [0.1, 0.15) is 6.54 Å². The fourth-order valence-electron chi connectivity index (χ4n) is 2.98. The second-order valence-corrected chi connectivity index (χ2v) is 7.36. The molecular weight excluding hydrogens is 456 g/mol. The first-order valence-electron chi connectivity index (χ1n) is 9.12. The Morgan fingerprint density at radius 1 is 1.10 bits per heavy atom. The fraction of sp³-hybridized carbons (Fsp3) is 0.250. The molecule has 0 spiro atoms. The van der Waals surface area contributed by atoms with Gasteiger partial charge in [0.15, 0.2) is 5.82 Å². The van der Waals surface area contributed by atoms with Crippen LogP contribution in [0.1, 0.15) is 11.1 Å². The maximum Gasteiger partial charge on any atom is 0.416 e. The number of nitrogens with one attached hydrogen (secondary N) is 1. The smallest absolute Gasteiger partial charge is 0.350 e. The van der Waals surface area contributed by atoms with E-state index in [2.05, 4.69) is 10.4 Å².